The molecule has 0 aliphatic carbocycles. The average molecular weight is 428 g/mol. The molecule has 3 heterocycles. The first-order chi connectivity index (χ1) is 14.3. The molecule has 0 aromatic carbocycles. The molecule has 3 rings (SSSR count). The lowest BCUT2D eigenvalue weighted by atomic mass is 10.2. The topological polar surface area (TPSA) is 66.0 Å². The van der Waals surface area contributed by atoms with Gasteiger partial charge in [0.1, 0.15) is 0 Å². The minimum absolute atomic E-state index is 0.148. The van der Waals surface area contributed by atoms with E-state index in [2.05, 4.69) is 14.6 Å². The number of aromatic nitrogens is 1. The van der Waals surface area contributed by atoms with E-state index in [0.717, 1.165) is 25.9 Å². The minimum Gasteiger partial charge on any atom is -0.468 e. The lowest BCUT2D eigenvalue weighted by molar-refractivity contribution is -0.154. The summed E-state index contributed by atoms with van der Waals surface area (Å²) in [5.74, 6) is -0.264. The second-order valence-electron chi connectivity index (χ2n) is 7.65. The van der Waals surface area contributed by atoms with E-state index in [1.807, 2.05) is 4.90 Å². The largest absolute Gasteiger partial charge is 0.468 e. The smallest absolute Gasteiger partial charge is 0.422 e. The minimum atomic E-state index is -4.44. The Balaban J connectivity index is 1.45. The molecule has 0 unspecified atom stereocenters. The van der Waals surface area contributed by atoms with Crippen LogP contribution in [0.4, 0.5) is 13.2 Å². The van der Waals surface area contributed by atoms with Crippen molar-refractivity contribution >= 4 is 11.8 Å². The number of pyridine rings is 1. The zero-order chi connectivity index (χ0) is 21.6. The Labute approximate surface area is 173 Å². The molecule has 7 nitrogen and oxygen atoms in total. The summed E-state index contributed by atoms with van der Waals surface area (Å²) in [5, 5.41) is 0. The van der Waals surface area contributed by atoms with Crippen LogP contribution in [-0.4, -0.2) is 90.1 Å². The third kappa shape index (κ3) is 6.58. The summed E-state index contributed by atoms with van der Waals surface area (Å²) in [4.78, 5) is 34.6. The molecule has 2 aliphatic heterocycles. The van der Waals surface area contributed by atoms with E-state index < -0.39 is 12.8 Å². The van der Waals surface area contributed by atoms with Gasteiger partial charge in [0.25, 0.3) is 5.91 Å². The van der Waals surface area contributed by atoms with Crippen molar-refractivity contribution in [3.05, 3.63) is 23.9 Å². The van der Waals surface area contributed by atoms with E-state index in [9.17, 15) is 22.8 Å². The first-order valence-corrected chi connectivity index (χ1v) is 10.3. The summed E-state index contributed by atoms with van der Waals surface area (Å²) in [5.41, 5.74) is 0.295. The highest BCUT2D eigenvalue weighted by Gasteiger charge is 2.29. The molecular weight excluding hydrogens is 401 g/mol. The van der Waals surface area contributed by atoms with Crippen molar-refractivity contribution < 1.29 is 27.5 Å². The number of hydrogen-bond donors (Lipinski definition) is 0. The number of alkyl halides is 3. The molecule has 30 heavy (non-hydrogen) atoms. The van der Waals surface area contributed by atoms with Gasteiger partial charge in [-0.1, -0.05) is 12.8 Å². The molecule has 0 radical (unpaired) electrons. The molecule has 2 fully saturated rings. The molecule has 2 amide bonds. The predicted octanol–water partition coefficient (Wildman–Crippen LogP) is 2.18. The summed E-state index contributed by atoms with van der Waals surface area (Å²) in [6.07, 6.45) is 1.25. The van der Waals surface area contributed by atoms with Gasteiger partial charge in [-0.25, -0.2) is 4.98 Å². The monoisotopic (exact) mass is 428 g/mol. The van der Waals surface area contributed by atoms with Gasteiger partial charge >= 0.3 is 6.18 Å². The molecule has 2 aliphatic rings. The predicted molar refractivity (Wildman–Crippen MR) is 103 cm³/mol. The molecule has 0 bridgehead atoms. The number of ether oxygens (including phenoxy) is 1. The first-order valence-electron chi connectivity index (χ1n) is 10.3. The summed E-state index contributed by atoms with van der Waals surface area (Å²) in [7, 11) is 0. The van der Waals surface area contributed by atoms with Gasteiger partial charge < -0.3 is 14.5 Å². The summed E-state index contributed by atoms with van der Waals surface area (Å²) >= 11 is 0. The van der Waals surface area contributed by atoms with E-state index in [1.165, 1.54) is 31.2 Å². The van der Waals surface area contributed by atoms with Crippen LogP contribution in [0.5, 0.6) is 5.88 Å². The van der Waals surface area contributed by atoms with Gasteiger partial charge in [0.2, 0.25) is 11.8 Å². The Morgan fingerprint density at radius 3 is 2.17 bits per heavy atom. The zero-order valence-electron chi connectivity index (χ0n) is 16.9. The van der Waals surface area contributed by atoms with Gasteiger partial charge in [-0.3, -0.25) is 14.5 Å². The number of nitrogens with zero attached hydrogens (tertiary/aromatic N) is 4. The Morgan fingerprint density at radius 2 is 1.60 bits per heavy atom. The second kappa shape index (κ2) is 10.1. The maximum Gasteiger partial charge on any atom is 0.422 e. The van der Waals surface area contributed by atoms with Crippen LogP contribution in [0.1, 0.15) is 36.0 Å². The Bertz CT molecular complexity index is 711. The fourth-order valence-corrected chi connectivity index (χ4v) is 3.65. The van der Waals surface area contributed by atoms with Gasteiger partial charge in [-0.2, -0.15) is 13.2 Å². The van der Waals surface area contributed by atoms with Crippen LogP contribution >= 0.6 is 0 Å². The maximum absolute atomic E-state index is 12.6. The van der Waals surface area contributed by atoms with Crippen LogP contribution in [0.2, 0.25) is 0 Å². The van der Waals surface area contributed by atoms with Crippen molar-refractivity contribution in [1.29, 1.82) is 0 Å². The van der Waals surface area contributed by atoms with Gasteiger partial charge in [0.05, 0.1) is 12.1 Å². The van der Waals surface area contributed by atoms with Crippen LogP contribution in [0.3, 0.4) is 0 Å². The summed E-state index contributed by atoms with van der Waals surface area (Å²) < 4.78 is 41.1. The van der Waals surface area contributed by atoms with Gasteiger partial charge in [-0.05, 0) is 18.9 Å². The Kier molecular flexibility index (Phi) is 7.52. The molecule has 166 valence electrons. The number of halogens is 3. The summed E-state index contributed by atoms with van der Waals surface area (Å²) in [6, 6.07) is 2.67. The van der Waals surface area contributed by atoms with E-state index in [4.69, 9.17) is 0 Å². The quantitative estimate of drug-likeness (QED) is 0.719. The number of piperazine rings is 1. The van der Waals surface area contributed by atoms with E-state index in [0.29, 0.717) is 38.3 Å². The normalized spacial score (nSPS) is 18.8. The number of rotatable bonds is 5. The average Bonchev–Trinajstić information content (AvgIpc) is 3.02. The maximum atomic E-state index is 12.6. The van der Waals surface area contributed by atoms with Crippen molar-refractivity contribution in [3.8, 4) is 5.88 Å². The number of carbonyl (C=O) groups excluding carboxylic acids is 2. The highest BCUT2D eigenvalue weighted by Crippen LogP contribution is 2.18. The number of likely N-dealkylation sites (tertiary alicyclic amines) is 1. The Morgan fingerprint density at radius 1 is 0.933 bits per heavy atom. The number of carbonyl (C=O) groups is 2. The van der Waals surface area contributed by atoms with Crippen molar-refractivity contribution in [2.24, 2.45) is 0 Å². The highest BCUT2D eigenvalue weighted by molar-refractivity contribution is 5.94. The molecule has 1 aromatic heterocycles. The summed E-state index contributed by atoms with van der Waals surface area (Å²) in [6.45, 7) is 2.77. The molecule has 1 aromatic rings. The van der Waals surface area contributed by atoms with Crippen LogP contribution in [0, 0.1) is 0 Å². The number of hydrogen-bond acceptors (Lipinski definition) is 5. The zero-order valence-corrected chi connectivity index (χ0v) is 16.9. The van der Waals surface area contributed by atoms with E-state index >= 15 is 0 Å². The van der Waals surface area contributed by atoms with Crippen LogP contribution < -0.4 is 4.74 Å². The van der Waals surface area contributed by atoms with Gasteiger partial charge in [-0.15, -0.1) is 0 Å². The molecule has 0 atom stereocenters. The van der Waals surface area contributed by atoms with Crippen molar-refractivity contribution in [2.45, 2.75) is 31.9 Å². The van der Waals surface area contributed by atoms with E-state index in [1.54, 1.807) is 4.90 Å². The number of amides is 2. The van der Waals surface area contributed by atoms with Crippen molar-refractivity contribution in [3.63, 3.8) is 0 Å². The molecule has 0 N–H and O–H groups in total. The third-order valence-corrected chi connectivity index (χ3v) is 5.34. The lowest BCUT2D eigenvalue weighted by Crippen LogP contribution is -2.51. The highest BCUT2D eigenvalue weighted by atomic mass is 19.4. The van der Waals surface area contributed by atoms with Gasteiger partial charge in [0, 0.05) is 51.5 Å². The molecular formula is C20H27F3N4O3. The van der Waals surface area contributed by atoms with Crippen LogP contribution in [0.15, 0.2) is 18.3 Å². The van der Waals surface area contributed by atoms with Crippen molar-refractivity contribution in [2.75, 3.05) is 52.4 Å². The molecule has 2 saturated heterocycles. The van der Waals surface area contributed by atoms with Gasteiger partial charge in [0.15, 0.2) is 6.61 Å². The third-order valence-electron chi connectivity index (χ3n) is 5.34. The second-order valence-corrected chi connectivity index (χ2v) is 7.65. The fraction of sp³-hybridized carbons (Fsp3) is 0.650. The lowest BCUT2D eigenvalue weighted by Gasteiger charge is -2.35. The van der Waals surface area contributed by atoms with Crippen molar-refractivity contribution in [1.82, 2.24) is 19.7 Å². The standard InChI is InChI=1S/C20H27F3N4O3/c21-20(22,23)15-30-17-6-5-16(13-24-17)19(29)27-11-9-25(10-12-27)14-18(28)26-7-3-1-2-4-8-26/h5-6,13H,1-4,7-12,14-15H2. The SMILES string of the molecule is O=C(CN1CCN(C(=O)c2ccc(OCC(F)(F)F)nc2)CC1)N1CCCCCC1. The van der Waals surface area contributed by atoms with Crippen LogP contribution in [-0.2, 0) is 4.79 Å². The molecule has 10 heteroatoms. The van der Waals surface area contributed by atoms with Crippen LogP contribution in [0.25, 0.3) is 0 Å². The molecule has 0 spiro atoms. The Hall–Kier alpha value is -2.36. The first kappa shape index (κ1) is 22.3. The molecule has 0 saturated carbocycles. The fourth-order valence-electron chi connectivity index (χ4n) is 3.65. The van der Waals surface area contributed by atoms with E-state index in [-0.39, 0.29) is 17.7 Å².